The first-order chi connectivity index (χ1) is 9.75. The molecule has 1 atom stereocenters. The van der Waals surface area contributed by atoms with Crippen LogP contribution in [0, 0.1) is 0 Å². The van der Waals surface area contributed by atoms with Crippen molar-refractivity contribution in [2.45, 2.75) is 12.0 Å². The fraction of sp³-hybridized carbons (Fsp3) is 0.176. The van der Waals surface area contributed by atoms with Gasteiger partial charge in [-0.1, -0.05) is 42.5 Å². The molecule has 0 aliphatic rings. The summed E-state index contributed by atoms with van der Waals surface area (Å²) in [5, 5.41) is 12.3. The molecule has 2 aromatic carbocycles. The van der Waals surface area contributed by atoms with E-state index in [9.17, 15) is 5.11 Å². The van der Waals surface area contributed by atoms with Crippen LogP contribution in [0.3, 0.4) is 0 Å². The Labute approximate surface area is 123 Å². The van der Waals surface area contributed by atoms with Crippen LogP contribution in [0.2, 0.25) is 0 Å². The summed E-state index contributed by atoms with van der Waals surface area (Å²) in [6, 6.07) is 17.6. The summed E-state index contributed by atoms with van der Waals surface area (Å²) < 4.78 is 0. The Morgan fingerprint density at radius 1 is 1.00 bits per heavy atom. The molecule has 0 aliphatic heterocycles. The Morgan fingerprint density at radius 2 is 1.80 bits per heavy atom. The Balaban J connectivity index is 2.23. The monoisotopic (exact) mass is 285 g/mol. The maximum absolute atomic E-state index is 11.3. The molecule has 20 heavy (non-hydrogen) atoms. The van der Waals surface area contributed by atoms with E-state index in [-0.39, 0.29) is 0 Å². The molecule has 1 unspecified atom stereocenters. The van der Waals surface area contributed by atoms with E-state index in [1.165, 1.54) is 0 Å². The highest BCUT2D eigenvalue weighted by Gasteiger charge is 2.32. The number of aromatic amines is 1. The number of rotatable bonds is 4. The van der Waals surface area contributed by atoms with Gasteiger partial charge < -0.3 is 10.1 Å². The third kappa shape index (κ3) is 2.11. The van der Waals surface area contributed by atoms with E-state index in [0.29, 0.717) is 12.3 Å². The summed E-state index contributed by atoms with van der Waals surface area (Å²) in [5.41, 5.74) is 1.72. The number of aromatic nitrogens is 1. The van der Waals surface area contributed by atoms with Crippen LogP contribution in [-0.4, -0.2) is 16.0 Å². The van der Waals surface area contributed by atoms with Crippen molar-refractivity contribution in [3.63, 3.8) is 0 Å². The fourth-order valence-electron chi connectivity index (χ4n) is 2.73. The van der Waals surface area contributed by atoms with Crippen molar-refractivity contribution in [3.8, 4) is 0 Å². The number of aliphatic hydroxyl groups is 1. The number of benzene rings is 2. The van der Waals surface area contributed by atoms with Crippen molar-refractivity contribution >= 4 is 22.5 Å². The van der Waals surface area contributed by atoms with Crippen molar-refractivity contribution in [2.75, 3.05) is 5.88 Å². The number of hydrogen-bond donors (Lipinski definition) is 2. The largest absolute Gasteiger partial charge is 0.380 e. The van der Waals surface area contributed by atoms with Crippen molar-refractivity contribution in [1.29, 1.82) is 0 Å². The molecule has 3 aromatic rings. The van der Waals surface area contributed by atoms with E-state index in [2.05, 4.69) is 4.98 Å². The zero-order valence-corrected chi connectivity index (χ0v) is 11.8. The molecule has 102 valence electrons. The number of halogens is 1. The summed E-state index contributed by atoms with van der Waals surface area (Å²) in [5.74, 6) is 0.395. The number of nitrogens with one attached hydrogen (secondary N) is 1. The lowest BCUT2D eigenvalue weighted by Crippen LogP contribution is -2.28. The van der Waals surface area contributed by atoms with Gasteiger partial charge in [0.2, 0.25) is 0 Å². The van der Waals surface area contributed by atoms with Gasteiger partial charge in [0.1, 0.15) is 5.60 Å². The SMILES string of the molecule is OC(CCCl)(c1ccccc1)c1cccc2[nH]ccc12. The fourth-order valence-corrected chi connectivity index (χ4v) is 3.00. The van der Waals surface area contributed by atoms with E-state index in [4.69, 9.17) is 11.6 Å². The third-order valence-corrected chi connectivity index (χ3v) is 3.94. The summed E-state index contributed by atoms with van der Waals surface area (Å²) in [4.78, 5) is 3.18. The molecule has 0 radical (unpaired) electrons. The predicted molar refractivity (Wildman–Crippen MR) is 83.1 cm³/mol. The smallest absolute Gasteiger partial charge is 0.116 e. The van der Waals surface area contributed by atoms with Gasteiger partial charge in [-0.05, 0) is 29.7 Å². The van der Waals surface area contributed by atoms with E-state index >= 15 is 0 Å². The predicted octanol–water partition coefficient (Wildman–Crippen LogP) is 4.03. The van der Waals surface area contributed by atoms with Crippen molar-refractivity contribution in [1.82, 2.24) is 4.98 Å². The summed E-state index contributed by atoms with van der Waals surface area (Å²) in [7, 11) is 0. The Hall–Kier alpha value is -1.77. The van der Waals surface area contributed by atoms with Gasteiger partial charge in [-0.3, -0.25) is 0 Å². The van der Waals surface area contributed by atoms with Gasteiger partial charge in [-0.2, -0.15) is 0 Å². The summed E-state index contributed by atoms with van der Waals surface area (Å²) >= 11 is 5.94. The molecular formula is C17H16ClNO. The lowest BCUT2D eigenvalue weighted by molar-refractivity contribution is 0.0790. The average Bonchev–Trinajstić information content (AvgIpc) is 2.96. The van der Waals surface area contributed by atoms with Crippen molar-refractivity contribution < 1.29 is 5.11 Å². The maximum Gasteiger partial charge on any atom is 0.116 e. The Morgan fingerprint density at radius 3 is 2.55 bits per heavy atom. The normalized spacial score (nSPS) is 14.3. The molecule has 3 rings (SSSR count). The molecule has 3 heteroatoms. The van der Waals surface area contributed by atoms with E-state index in [0.717, 1.165) is 22.0 Å². The molecule has 0 fully saturated rings. The second-order valence-electron chi connectivity index (χ2n) is 4.91. The molecule has 0 saturated heterocycles. The number of hydrogen-bond acceptors (Lipinski definition) is 1. The third-order valence-electron chi connectivity index (χ3n) is 3.75. The molecule has 0 saturated carbocycles. The second kappa shape index (κ2) is 5.31. The van der Waals surface area contributed by atoms with E-state index in [1.54, 1.807) is 0 Å². The molecule has 0 amide bonds. The average molecular weight is 286 g/mol. The van der Waals surface area contributed by atoms with Crippen LogP contribution in [0.15, 0.2) is 60.8 Å². The van der Waals surface area contributed by atoms with E-state index < -0.39 is 5.60 Å². The van der Waals surface area contributed by atoms with E-state index in [1.807, 2.05) is 60.8 Å². The highest BCUT2D eigenvalue weighted by molar-refractivity contribution is 6.17. The first kappa shape index (κ1) is 13.2. The lowest BCUT2D eigenvalue weighted by Gasteiger charge is -2.29. The van der Waals surface area contributed by atoms with Gasteiger partial charge in [0.25, 0.3) is 0 Å². The summed E-state index contributed by atoms with van der Waals surface area (Å²) in [6.45, 7) is 0. The molecule has 1 heterocycles. The van der Waals surface area contributed by atoms with Crippen molar-refractivity contribution in [2.24, 2.45) is 0 Å². The van der Waals surface area contributed by atoms with Crippen LogP contribution in [0.25, 0.3) is 10.9 Å². The minimum absolute atomic E-state index is 0.395. The second-order valence-corrected chi connectivity index (χ2v) is 5.29. The van der Waals surface area contributed by atoms with Crippen LogP contribution in [0.5, 0.6) is 0 Å². The quantitative estimate of drug-likeness (QED) is 0.698. The zero-order valence-electron chi connectivity index (χ0n) is 11.0. The van der Waals surface area contributed by atoms with Crippen LogP contribution in [-0.2, 0) is 5.60 Å². The van der Waals surface area contributed by atoms with Crippen LogP contribution < -0.4 is 0 Å². The number of alkyl halides is 1. The Kier molecular flexibility index (Phi) is 3.51. The van der Waals surface area contributed by atoms with Gasteiger partial charge in [0.05, 0.1) is 0 Å². The minimum atomic E-state index is -1.06. The molecule has 0 spiro atoms. The zero-order chi connectivity index (χ0) is 14.0. The number of H-pyrrole nitrogens is 1. The molecule has 1 aromatic heterocycles. The van der Waals surface area contributed by atoms with Gasteiger partial charge in [-0.25, -0.2) is 0 Å². The first-order valence-corrected chi connectivity index (χ1v) is 7.19. The standard InChI is InChI=1S/C17H16ClNO/c18-11-10-17(20,13-5-2-1-3-6-13)15-7-4-8-16-14(15)9-12-19-16/h1-9,12,19-20H,10-11H2. The number of fused-ring (bicyclic) bond motifs is 1. The Bertz CT molecular complexity index is 707. The highest BCUT2D eigenvalue weighted by Crippen LogP contribution is 2.37. The molecule has 0 bridgehead atoms. The topological polar surface area (TPSA) is 36.0 Å². The van der Waals surface area contributed by atoms with Gasteiger partial charge in [-0.15, -0.1) is 11.6 Å². The van der Waals surface area contributed by atoms with Gasteiger partial charge in [0.15, 0.2) is 0 Å². The maximum atomic E-state index is 11.3. The first-order valence-electron chi connectivity index (χ1n) is 6.66. The van der Waals surface area contributed by atoms with Gasteiger partial charge in [0, 0.05) is 23.0 Å². The molecule has 2 nitrogen and oxygen atoms in total. The van der Waals surface area contributed by atoms with Crippen LogP contribution >= 0.6 is 11.6 Å². The van der Waals surface area contributed by atoms with Crippen molar-refractivity contribution in [3.05, 3.63) is 71.9 Å². The van der Waals surface area contributed by atoms with Gasteiger partial charge >= 0.3 is 0 Å². The minimum Gasteiger partial charge on any atom is -0.380 e. The van der Waals surface area contributed by atoms with Crippen LogP contribution in [0.1, 0.15) is 17.5 Å². The highest BCUT2D eigenvalue weighted by atomic mass is 35.5. The molecule has 2 N–H and O–H groups in total. The lowest BCUT2D eigenvalue weighted by atomic mass is 9.82. The van der Waals surface area contributed by atoms with Crippen LogP contribution in [0.4, 0.5) is 0 Å². The molecular weight excluding hydrogens is 270 g/mol. The summed E-state index contributed by atoms with van der Waals surface area (Å²) in [6.07, 6.45) is 2.36. The molecule has 0 aliphatic carbocycles.